The lowest BCUT2D eigenvalue weighted by Crippen LogP contribution is -2.46. The van der Waals surface area contributed by atoms with E-state index in [1.807, 2.05) is 0 Å². The van der Waals surface area contributed by atoms with E-state index in [1.165, 1.54) is 32.1 Å². The summed E-state index contributed by atoms with van der Waals surface area (Å²) < 4.78 is 1.73. The molecular formula is C14H24N4O. The predicted molar refractivity (Wildman–Crippen MR) is 74.6 cm³/mol. The number of hydrogen-bond donors (Lipinski definition) is 2. The van der Waals surface area contributed by atoms with Gasteiger partial charge in [0.2, 0.25) is 0 Å². The first kappa shape index (κ1) is 12.9. The molecule has 106 valence electrons. The number of aromatic nitrogens is 2. The maximum atomic E-state index is 10.2. The molecule has 1 saturated heterocycles. The number of aliphatic hydroxyl groups is 1. The number of rotatable bonds is 4. The van der Waals surface area contributed by atoms with Crippen molar-refractivity contribution in [2.24, 2.45) is 5.92 Å². The lowest BCUT2D eigenvalue weighted by molar-refractivity contribution is 0.0422. The Balaban J connectivity index is 1.55. The average molecular weight is 264 g/mol. The van der Waals surface area contributed by atoms with Gasteiger partial charge in [-0.1, -0.05) is 6.42 Å². The molecule has 1 aliphatic heterocycles. The van der Waals surface area contributed by atoms with Gasteiger partial charge in [0.25, 0.3) is 0 Å². The predicted octanol–water partition coefficient (Wildman–Crippen LogP) is 1.09. The zero-order chi connectivity index (χ0) is 13.2. The number of piperidine rings is 1. The van der Waals surface area contributed by atoms with Gasteiger partial charge >= 0.3 is 0 Å². The smallest absolute Gasteiger partial charge is 0.0862 e. The van der Waals surface area contributed by atoms with Crippen molar-refractivity contribution < 1.29 is 5.11 Å². The van der Waals surface area contributed by atoms with Gasteiger partial charge in [-0.15, -0.1) is 0 Å². The van der Waals surface area contributed by atoms with Crippen molar-refractivity contribution in [1.29, 1.82) is 0 Å². The van der Waals surface area contributed by atoms with Gasteiger partial charge in [-0.2, -0.15) is 5.10 Å². The van der Waals surface area contributed by atoms with Crippen molar-refractivity contribution in [3.8, 4) is 0 Å². The van der Waals surface area contributed by atoms with E-state index in [9.17, 15) is 5.11 Å². The minimum Gasteiger partial charge on any atom is -0.396 e. The highest BCUT2D eigenvalue weighted by atomic mass is 16.3. The van der Waals surface area contributed by atoms with Gasteiger partial charge < -0.3 is 10.8 Å². The van der Waals surface area contributed by atoms with Crippen LogP contribution in [0.3, 0.4) is 0 Å². The van der Waals surface area contributed by atoms with Crippen LogP contribution in [-0.2, 0) is 6.54 Å². The first-order valence-electron chi connectivity index (χ1n) is 7.42. The number of β-amino-alcohol motifs (C(OH)–C–C–N with tert-alkyl or cyclic N) is 1. The van der Waals surface area contributed by atoms with E-state index in [0.29, 0.717) is 18.3 Å². The Kier molecular flexibility index (Phi) is 3.75. The number of likely N-dealkylation sites (tertiary alicyclic amines) is 1. The molecule has 3 N–H and O–H groups in total. The average Bonchev–Trinajstić information content (AvgIpc) is 2.98. The number of nitrogen functional groups attached to an aromatic ring is 1. The summed E-state index contributed by atoms with van der Waals surface area (Å²) in [5.74, 6) is 0.876. The zero-order valence-electron chi connectivity index (χ0n) is 11.4. The van der Waals surface area contributed by atoms with Crippen molar-refractivity contribution in [1.82, 2.24) is 14.7 Å². The molecule has 2 heterocycles. The molecule has 1 aromatic heterocycles. The summed E-state index contributed by atoms with van der Waals surface area (Å²) in [5, 5.41) is 14.4. The summed E-state index contributed by atoms with van der Waals surface area (Å²) in [6.45, 7) is 2.44. The lowest BCUT2D eigenvalue weighted by Gasteiger charge is -2.38. The molecule has 1 saturated carbocycles. The molecular weight excluding hydrogens is 240 g/mol. The monoisotopic (exact) mass is 264 g/mol. The quantitative estimate of drug-likeness (QED) is 0.854. The summed E-state index contributed by atoms with van der Waals surface area (Å²) in [6, 6.07) is 0.714. The van der Waals surface area contributed by atoms with Crippen LogP contribution in [0.1, 0.15) is 32.1 Å². The van der Waals surface area contributed by atoms with Crippen molar-refractivity contribution in [3.05, 3.63) is 12.4 Å². The van der Waals surface area contributed by atoms with E-state index in [-0.39, 0.29) is 6.10 Å². The molecule has 5 nitrogen and oxygen atoms in total. The highest BCUT2D eigenvalue weighted by molar-refractivity contribution is 5.30. The third-order valence-corrected chi connectivity index (χ3v) is 4.60. The number of fused-ring (bicyclic) bond motifs is 1. The van der Waals surface area contributed by atoms with Gasteiger partial charge in [0.1, 0.15) is 0 Å². The second kappa shape index (κ2) is 5.51. The number of aliphatic hydroxyl groups excluding tert-OH is 1. The van der Waals surface area contributed by atoms with Gasteiger partial charge in [-0.25, -0.2) is 0 Å². The molecule has 0 aromatic carbocycles. The molecule has 19 heavy (non-hydrogen) atoms. The number of hydrogen-bond acceptors (Lipinski definition) is 4. The molecule has 2 fully saturated rings. The van der Waals surface area contributed by atoms with E-state index in [4.69, 9.17) is 5.73 Å². The van der Waals surface area contributed by atoms with Crippen LogP contribution in [0.4, 0.5) is 5.69 Å². The Morgan fingerprint density at radius 1 is 1.32 bits per heavy atom. The van der Waals surface area contributed by atoms with E-state index in [0.717, 1.165) is 19.0 Å². The first-order valence-corrected chi connectivity index (χ1v) is 7.42. The molecule has 0 amide bonds. The molecule has 5 heteroatoms. The van der Waals surface area contributed by atoms with E-state index >= 15 is 0 Å². The van der Waals surface area contributed by atoms with Crippen molar-refractivity contribution >= 4 is 5.69 Å². The van der Waals surface area contributed by atoms with E-state index in [1.54, 1.807) is 17.1 Å². The maximum Gasteiger partial charge on any atom is 0.0862 e. The Morgan fingerprint density at radius 2 is 2.16 bits per heavy atom. The number of nitrogens with zero attached hydrogens (tertiary/aromatic N) is 3. The Hall–Kier alpha value is -1.07. The number of nitrogens with two attached hydrogens (primary N) is 1. The molecule has 1 aliphatic carbocycles. The molecule has 3 atom stereocenters. The van der Waals surface area contributed by atoms with Crippen molar-refractivity contribution in [3.63, 3.8) is 0 Å². The first-order chi connectivity index (χ1) is 9.22. The second-order valence-corrected chi connectivity index (χ2v) is 6.05. The minimum absolute atomic E-state index is 0.362. The third kappa shape index (κ3) is 2.92. The molecule has 0 bridgehead atoms. The fourth-order valence-corrected chi connectivity index (χ4v) is 3.81. The standard InChI is InChI=1S/C14H24N4O/c15-12-7-16-18(8-12)10-13(19)9-17-6-2-4-11-3-1-5-14(11)17/h7-8,11,13-14,19H,1-6,9-10,15H2. The summed E-state index contributed by atoms with van der Waals surface area (Å²) in [6.07, 6.45) is 9.75. The van der Waals surface area contributed by atoms with Crippen LogP contribution in [-0.4, -0.2) is 45.0 Å². The SMILES string of the molecule is Nc1cnn(CC(O)CN2CCCC3CCCC32)c1. The topological polar surface area (TPSA) is 67.3 Å². The summed E-state index contributed by atoms with van der Waals surface area (Å²) in [5.41, 5.74) is 6.29. The Morgan fingerprint density at radius 3 is 2.95 bits per heavy atom. The van der Waals surface area contributed by atoms with Crippen LogP contribution in [0, 0.1) is 5.92 Å². The lowest BCUT2D eigenvalue weighted by atomic mass is 9.92. The van der Waals surface area contributed by atoms with Gasteiger partial charge in [0, 0.05) is 18.8 Å². The number of anilines is 1. The molecule has 3 unspecified atom stereocenters. The highest BCUT2D eigenvalue weighted by Crippen LogP contribution is 2.36. The third-order valence-electron chi connectivity index (χ3n) is 4.60. The van der Waals surface area contributed by atoms with Gasteiger partial charge in [-0.3, -0.25) is 9.58 Å². The summed E-state index contributed by atoms with van der Waals surface area (Å²) in [7, 11) is 0. The van der Waals surface area contributed by atoms with Crippen LogP contribution in [0.15, 0.2) is 12.4 Å². The van der Waals surface area contributed by atoms with Crippen molar-refractivity contribution in [2.45, 2.75) is 50.8 Å². The van der Waals surface area contributed by atoms with Crippen molar-refractivity contribution in [2.75, 3.05) is 18.8 Å². The second-order valence-electron chi connectivity index (χ2n) is 6.05. The Labute approximate surface area is 114 Å². The van der Waals surface area contributed by atoms with Gasteiger partial charge in [-0.05, 0) is 38.1 Å². The van der Waals surface area contributed by atoms with Crippen LogP contribution in [0.25, 0.3) is 0 Å². The highest BCUT2D eigenvalue weighted by Gasteiger charge is 2.35. The van der Waals surface area contributed by atoms with E-state index < -0.39 is 0 Å². The summed E-state index contributed by atoms with van der Waals surface area (Å²) in [4.78, 5) is 2.50. The van der Waals surface area contributed by atoms with Gasteiger partial charge in [0.15, 0.2) is 0 Å². The molecule has 0 radical (unpaired) electrons. The van der Waals surface area contributed by atoms with Crippen LogP contribution in [0.5, 0.6) is 0 Å². The Bertz CT molecular complexity index is 419. The van der Waals surface area contributed by atoms with E-state index in [2.05, 4.69) is 10.00 Å². The zero-order valence-corrected chi connectivity index (χ0v) is 11.4. The van der Waals surface area contributed by atoms with Crippen LogP contribution >= 0.6 is 0 Å². The van der Waals surface area contributed by atoms with Gasteiger partial charge in [0.05, 0.1) is 24.5 Å². The molecule has 3 rings (SSSR count). The summed E-state index contributed by atoms with van der Waals surface area (Å²) >= 11 is 0. The normalized spacial score (nSPS) is 29.3. The molecule has 2 aliphatic rings. The minimum atomic E-state index is -0.362. The fourth-order valence-electron chi connectivity index (χ4n) is 3.81. The largest absolute Gasteiger partial charge is 0.396 e. The molecule has 0 spiro atoms. The molecule has 1 aromatic rings. The fraction of sp³-hybridized carbons (Fsp3) is 0.786. The van der Waals surface area contributed by atoms with Crippen LogP contribution < -0.4 is 5.73 Å². The van der Waals surface area contributed by atoms with Crippen LogP contribution in [0.2, 0.25) is 0 Å². The maximum absolute atomic E-state index is 10.2.